The van der Waals surface area contributed by atoms with Crippen molar-refractivity contribution >= 4 is 0 Å². The quantitative estimate of drug-likeness (QED) is 0.714. The molecule has 0 heterocycles. The zero-order valence-electron chi connectivity index (χ0n) is 10.7. The maximum Gasteiger partial charge on any atom is 0.125 e. The van der Waals surface area contributed by atoms with E-state index >= 15 is 0 Å². The van der Waals surface area contributed by atoms with Crippen molar-refractivity contribution in [3.05, 3.63) is 29.3 Å². The molecule has 0 spiro atoms. The van der Waals surface area contributed by atoms with Gasteiger partial charge in [-0.25, -0.2) is 0 Å². The van der Waals surface area contributed by atoms with Gasteiger partial charge in [-0.15, -0.1) is 0 Å². The zero-order chi connectivity index (χ0) is 11.8. The van der Waals surface area contributed by atoms with Crippen LogP contribution in [0.1, 0.15) is 30.9 Å². The van der Waals surface area contributed by atoms with E-state index in [2.05, 4.69) is 44.3 Å². The Kier molecular flexibility index (Phi) is 5.94. The summed E-state index contributed by atoms with van der Waals surface area (Å²) in [5, 5.41) is 3.31. The lowest BCUT2D eigenvalue weighted by Crippen LogP contribution is -2.14. The Morgan fingerprint density at radius 1 is 1.12 bits per heavy atom. The molecule has 2 nitrogen and oxygen atoms in total. The van der Waals surface area contributed by atoms with Crippen molar-refractivity contribution < 1.29 is 4.74 Å². The van der Waals surface area contributed by atoms with Gasteiger partial charge in [-0.2, -0.15) is 0 Å². The summed E-state index contributed by atoms with van der Waals surface area (Å²) >= 11 is 0. The Morgan fingerprint density at radius 3 is 2.44 bits per heavy atom. The van der Waals surface area contributed by atoms with Gasteiger partial charge in [0.2, 0.25) is 0 Å². The molecule has 0 radical (unpaired) electrons. The van der Waals surface area contributed by atoms with Crippen molar-refractivity contribution in [1.29, 1.82) is 0 Å². The minimum absolute atomic E-state index is 0.817. The average Bonchev–Trinajstić information content (AvgIpc) is 2.26. The summed E-state index contributed by atoms with van der Waals surface area (Å²) in [6, 6.07) is 6.27. The van der Waals surface area contributed by atoms with E-state index in [-0.39, 0.29) is 0 Å². The van der Waals surface area contributed by atoms with Crippen LogP contribution in [0.2, 0.25) is 0 Å². The monoisotopic (exact) mass is 221 g/mol. The van der Waals surface area contributed by atoms with Crippen LogP contribution in [0.15, 0.2) is 18.2 Å². The molecule has 0 aliphatic rings. The molecule has 0 saturated heterocycles. The molecule has 0 aliphatic heterocycles. The molecule has 0 aromatic heterocycles. The lowest BCUT2D eigenvalue weighted by atomic mass is 10.1. The van der Waals surface area contributed by atoms with Gasteiger partial charge in [-0.05, 0) is 50.9 Å². The van der Waals surface area contributed by atoms with Crippen LogP contribution in [0, 0.1) is 13.8 Å². The van der Waals surface area contributed by atoms with Crippen LogP contribution in [0.5, 0.6) is 5.75 Å². The Balaban J connectivity index is 2.26. The molecule has 1 N–H and O–H groups in total. The van der Waals surface area contributed by atoms with Crippen molar-refractivity contribution in [3.63, 3.8) is 0 Å². The largest absolute Gasteiger partial charge is 0.493 e. The van der Waals surface area contributed by atoms with E-state index in [9.17, 15) is 0 Å². The molecule has 2 heteroatoms. The molecule has 0 unspecified atom stereocenters. The molecule has 0 aliphatic carbocycles. The van der Waals surface area contributed by atoms with E-state index in [0.717, 1.165) is 31.9 Å². The van der Waals surface area contributed by atoms with E-state index in [1.165, 1.54) is 17.5 Å². The number of benzene rings is 1. The van der Waals surface area contributed by atoms with E-state index in [0.29, 0.717) is 0 Å². The first kappa shape index (κ1) is 13.0. The van der Waals surface area contributed by atoms with Gasteiger partial charge in [0.15, 0.2) is 0 Å². The molecular weight excluding hydrogens is 198 g/mol. The summed E-state index contributed by atoms with van der Waals surface area (Å²) in [6.45, 7) is 9.29. The van der Waals surface area contributed by atoms with Crippen LogP contribution in [-0.2, 0) is 0 Å². The van der Waals surface area contributed by atoms with E-state index in [4.69, 9.17) is 4.74 Å². The number of unbranched alkanes of at least 4 members (excludes halogenated alkanes) is 1. The van der Waals surface area contributed by atoms with Crippen molar-refractivity contribution in [3.8, 4) is 5.75 Å². The van der Waals surface area contributed by atoms with Gasteiger partial charge in [-0.3, -0.25) is 0 Å². The molecule has 16 heavy (non-hydrogen) atoms. The van der Waals surface area contributed by atoms with Crippen LogP contribution in [0.4, 0.5) is 0 Å². The fraction of sp³-hybridized carbons (Fsp3) is 0.571. The van der Waals surface area contributed by atoms with Gasteiger partial charge in [0.25, 0.3) is 0 Å². The lowest BCUT2D eigenvalue weighted by molar-refractivity contribution is 0.302. The summed E-state index contributed by atoms with van der Waals surface area (Å²) in [5.74, 6) is 1.06. The molecule has 0 fully saturated rings. The number of rotatable bonds is 7. The average molecular weight is 221 g/mol. The molecule has 1 rings (SSSR count). The van der Waals surface area contributed by atoms with Gasteiger partial charge in [0.05, 0.1) is 6.61 Å². The normalized spacial score (nSPS) is 10.4. The SMILES string of the molecule is CCNCCCCOc1c(C)cccc1C. The van der Waals surface area contributed by atoms with E-state index in [1.807, 2.05) is 0 Å². The van der Waals surface area contributed by atoms with Crippen LogP contribution in [0.3, 0.4) is 0 Å². The Bertz CT molecular complexity index is 289. The third kappa shape index (κ3) is 4.23. The number of hydrogen-bond donors (Lipinski definition) is 1. The molecule has 0 saturated carbocycles. The zero-order valence-corrected chi connectivity index (χ0v) is 10.7. The third-order valence-electron chi connectivity index (χ3n) is 2.65. The standard InChI is InChI=1S/C14H23NO/c1-4-15-10-5-6-11-16-14-12(2)8-7-9-13(14)3/h7-9,15H,4-6,10-11H2,1-3H3. The Morgan fingerprint density at radius 2 is 1.81 bits per heavy atom. The van der Waals surface area contributed by atoms with Crippen molar-refractivity contribution in [2.45, 2.75) is 33.6 Å². The third-order valence-corrected chi connectivity index (χ3v) is 2.65. The van der Waals surface area contributed by atoms with E-state index < -0.39 is 0 Å². The Labute approximate surface area is 99.0 Å². The summed E-state index contributed by atoms with van der Waals surface area (Å²) in [4.78, 5) is 0. The predicted molar refractivity (Wildman–Crippen MR) is 69.2 cm³/mol. The molecule has 0 atom stereocenters. The highest BCUT2D eigenvalue weighted by atomic mass is 16.5. The molecule has 0 bridgehead atoms. The van der Waals surface area contributed by atoms with Crippen LogP contribution in [-0.4, -0.2) is 19.7 Å². The van der Waals surface area contributed by atoms with Crippen LogP contribution in [0.25, 0.3) is 0 Å². The van der Waals surface area contributed by atoms with Crippen molar-refractivity contribution in [1.82, 2.24) is 5.32 Å². The number of ether oxygens (including phenoxy) is 1. The number of para-hydroxylation sites is 1. The highest BCUT2D eigenvalue weighted by Gasteiger charge is 2.02. The second kappa shape index (κ2) is 7.29. The smallest absolute Gasteiger partial charge is 0.125 e. The highest BCUT2D eigenvalue weighted by molar-refractivity contribution is 5.39. The van der Waals surface area contributed by atoms with Gasteiger partial charge >= 0.3 is 0 Å². The lowest BCUT2D eigenvalue weighted by Gasteiger charge is -2.11. The first-order chi connectivity index (χ1) is 7.75. The maximum absolute atomic E-state index is 5.82. The fourth-order valence-electron chi connectivity index (χ4n) is 1.73. The van der Waals surface area contributed by atoms with Gasteiger partial charge < -0.3 is 10.1 Å². The topological polar surface area (TPSA) is 21.3 Å². The minimum atomic E-state index is 0.817. The van der Waals surface area contributed by atoms with Crippen molar-refractivity contribution in [2.24, 2.45) is 0 Å². The Hall–Kier alpha value is -1.02. The molecule has 1 aromatic carbocycles. The molecule has 1 aromatic rings. The summed E-state index contributed by atoms with van der Waals surface area (Å²) in [6.07, 6.45) is 2.29. The number of hydrogen-bond acceptors (Lipinski definition) is 2. The van der Waals surface area contributed by atoms with Crippen LogP contribution >= 0.6 is 0 Å². The fourth-order valence-corrected chi connectivity index (χ4v) is 1.73. The second-order valence-corrected chi connectivity index (χ2v) is 4.13. The van der Waals surface area contributed by atoms with Gasteiger partial charge in [0.1, 0.15) is 5.75 Å². The molecule has 0 amide bonds. The van der Waals surface area contributed by atoms with Gasteiger partial charge in [-0.1, -0.05) is 25.1 Å². The maximum atomic E-state index is 5.82. The highest BCUT2D eigenvalue weighted by Crippen LogP contribution is 2.22. The minimum Gasteiger partial charge on any atom is -0.493 e. The van der Waals surface area contributed by atoms with Crippen molar-refractivity contribution in [2.75, 3.05) is 19.7 Å². The number of nitrogens with one attached hydrogen (secondary N) is 1. The van der Waals surface area contributed by atoms with Gasteiger partial charge in [0, 0.05) is 0 Å². The molecule has 90 valence electrons. The summed E-state index contributed by atoms with van der Waals surface area (Å²) in [7, 11) is 0. The number of aryl methyl sites for hydroxylation is 2. The summed E-state index contributed by atoms with van der Waals surface area (Å²) < 4.78 is 5.82. The first-order valence-corrected chi connectivity index (χ1v) is 6.15. The molecular formula is C14H23NO. The predicted octanol–water partition coefficient (Wildman–Crippen LogP) is 3.07. The second-order valence-electron chi connectivity index (χ2n) is 4.13. The summed E-state index contributed by atoms with van der Waals surface area (Å²) in [5.41, 5.74) is 2.46. The first-order valence-electron chi connectivity index (χ1n) is 6.15. The van der Waals surface area contributed by atoms with Crippen LogP contribution < -0.4 is 10.1 Å². The van der Waals surface area contributed by atoms with E-state index in [1.54, 1.807) is 0 Å².